The van der Waals surface area contributed by atoms with Crippen LogP contribution in [0.3, 0.4) is 0 Å². The molecule has 3 nitrogen and oxygen atoms in total. The molecule has 0 heterocycles. The number of carbonyl (C=O) groups is 1. The zero-order valence-electron chi connectivity index (χ0n) is 10.4. The van der Waals surface area contributed by atoms with E-state index in [9.17, 15) is 4.79 Å². The molecule has 1 N–H and O–H groups in total. The van der Waals surface area contributed by atoms with Gasteiger partial charge in [0.2, 0.25) is 0 Å². The first-order valence-electron chi connectivity index (χ1n) is 5.78. The molecule has 0 bridgehead atoms. The average molecular weight is 213 g/mol. The van der Waals surface area contributed by atoms with Gasteiger partial charge in [-0.15, -0.1) is 0 Å². The fraction of sp³-hybridized carbons (Fsp3) is 0.750. The normalized spacial score (nSPS) is 12.0. The SMILES string of the molecule is CCCCNC(CC)=C(C)C(=O)OCC. The molecular formula is C12H23NO2. The van der Waals surface area contributed by atoms with Gasteiger partial charge in [0, 0.05) is 12.2 Å². The number of ether oxygens (including phenoxy) is 1. The van der Waals surface area contributed by atoms with Crippen LogP contribution in [-0.4, -0.2) is 19.1 Å². The smallest absolute Gasteiger partial charge is 0.335 e. The highest BCUT2D eigenvalue weighted by molar-refractivity contribution is 5.88. The van der Waals surface area contributed by atoms with Crippen molar-refractivity contribution in [1.29, 1.82) is 0 Å². The average Bonchev–Trinajstić information content (AvgIpc) is 2.24. The molecule has 0 unspecified atom stereocenters. The van der Waals surface area contributed by atoms with Gasteiger partial charge in [-0.05, 0) is 26.7 Å². The molecule has 0 saturated heterocycles. The molecule has 0 aromatic carbocycles. The second kappa shape index (κ2) is 8.33. The summed E-state index contributed by atoms with van der Waals surface area (Å²) in [6, 6.07) is 0. The highest BCUT2D eigenvalue weighted by Crippen LogP contribution is 2.07. The van der Waals surface area contributed by atoms with E-state index in [1.54, 1.807) is 0 Å². The number of esters is 1. The Kier molecular flexibility index (Phi) is 7.78. The molecule has 0 radical (unpaired) electrons. The summed E-state index contributed by atoms with van der Waals surface area (Å²) in [6.07, 6.45) is 3.12. The first-order chi connectivity index (χ1) is 7.17. The highest BCUT2D eigenvalue weighted by atomic mass is 16.5. The van der Waals surface area contributed by atoms with E-state index in [4.69, 9.17) is 4.74 Å². The third-order valence-corrected chi connectivity index (χ3v) is 2.26. The van der Waals surface area contributed by atoms with Crippen molar-refractivity contribution in [2.75, 3.05) is 13.2 Å². The minimum absolute atomic E-state index is 0.210. The van der Waals surface area contributed by atoms with Crippen molar-refractivity contribution in [3.8, 4) is 0 Å². The predicted octanol–water partition coefficient (Wildman–Crippen LogP) is 2.62. The molecule has 0 fully saturated rings. The van der Waals surface area contributed by atoms with Crippen molar-refractivity contribution in [2.24, 2.45) is 0 Å². The van der Waals surface area contributed by atoms with E-state index in [1.807, 2.05) is 20.8 Å². The molecule has 0 spiro atoms. The van der Waals surface area contributed by atoms with E-state index in [1.165, 1.54) is 0 Å². The van der Waals surface area contributed by atoms with Gasteiger partial charge in [-0.3, -0.25) is 0 Å². The Bertz CT molecular complexity index is 222. The Morgan fingerprint density at radius 2 is 1.93 bits per heavy atom. The number of carbonyl (C=O) groups excluding carboxylic acids is 1. The monoisotopic (exact) mass is 213 g/mol. The summed E-state index contributed by atoms with van der Waals surface area (Å²) in [5.41, 5.74) is 1.71. The Labute approximate surface area is 92.9 Å². The first-order valence-corrected chi connectivity index (χ1v) is 5.78. The zero-order valence-corrected chi connectivity index (χ0v) is 10.4. The lowest BCUT2D eigenvalue weighted by Gasteiger charge is -2.12. The standard InChI is InChI=1S/C12H23NO2/c1-5-8-9-13-11(6-2)10(4)12(14)15-7-3/h13H,5-9H2,1-4H3. The lowest BCUT2D eigenvalue weighted by molar-refractivity contribution is -0.138. The van der Waals surface area contributed by atoms with Crippen LogP contribution in [0.15, 0.2) is 11.3 Å². The van der Waals surface area contributed by atoms with Crippen molar-refractivity contribution in [1.82, 2.24) is 5.32 Å². The molecule has 88 valence electrons. The van der Waals surface area contributed by atoms with Crippen molar-refractivity contribution in [3.05, 3.63) is 11.3 Å². The summed E-state index contributed by atoms with van der Waals surface area (Å²) in [5, 5.41) is 3.29. The zero-order chi connectivity index (χ0) is 11.7. The summed E-state index contributed by atoms with van der Waals surface area (Å²) >= 11 is 0. The third-order valence-electron chi connectivity index (χ3n) is 2.26. The van der Waals surface area contributed by atoms with Crippen molar-refractivity contribution in [2.45, 2.75) is 47.0 Å². The van der Waals surface area contributed by atoms with Crippen LogP contribution in [0.2, 0.25) is 0 Å². The van der Waals surface area contributed by atoms with Gasteiger partial charge in [-0.2, -0.15) is 0 Å². The van der Waals surface area contributed by atoms with Crippen LogP contribution in [0.25, 0.3) is 0 Å². The Morgan fingerprint density at radius 1 is 1.27 bits per heavy atom. The molecule has 0 amide bonds. The summed E-state index contributed by atoms with van der Waals surface area (Å²) < 4.78 is 4.96. The van der Waals surface area contributed by atoms with Gasteiger partial charge in [0.15, 0.2) is 0 Å². The van der Waals surface area contributed by atoms with E-state index >= 15 is 0 Å². The fourth-order valence-corrected chi connectivity index (χ4v) is 1.30. The van der Waals surface area contributed by atoms with E-state index in [-0.39, 0.29) is 5.97 Å². The molecular weight excluding hydrogens is 190 g/mol. The summed E-state index contributed by atoms with van der Waals surface area (Å²) in [4.78, 5) is 11.5. The summed E-state index contributed by atoms with van der Waals surface area (Å²) in [7, 11) is 0. The van der Waals surface area contributed by atoms with Gasteiger partial charge < -0.3 is 10.1 Å². The minimum Gasteiger partial charge on any atom is -0.463 e. The van der Waals surface area contributed by atoms with Crippen LogP contribution in [0.1, 0.15) is 47.0 Å². The molecule has 0 aromatic heterocycles. The molecule has 0 rings (SSSR count). The number of rotatable bonds is 7. The number of nitrogens with one attached hydrogen (secondary N) is 1. The molecule has 0 aliphatic heterocycles. The van der Waals surface area contributed by atoms with Crippen LogP contribution >= 0.6 is 0 Å². The fourth-order valence-electron chi connectivity index (χ4n) is 1.30. The van der Waals surface area contributed by atoms with Gasteiger partial charge in [0.25, 0.3) is 0 Å². The molecule has 0 aliphatic rings. The number of hydrogen-bond donors (Lipinski definition) is 1. The van der Waals surface area contributed by atoms with Crippen LogP contribution in [0, 0.1) is 0 Å². The van der Waals surface area contributed by atoms with Crippen molar-refractivity contribution < 1.29 is 9.53 Å². The lowest BCUT2D eigenvalue weighted by atomic mass is 10.2. The quantitative estimate of drug-likeness (QED) is 0.401. The summed E-state index contributed by atoms with van der Waals surface area (Å²) in [6.45, 7) is 9.18. The minimum atomic E-state index is -0.210. The molecule has 3 heteroatoms. The van der Waals surface area contributed by atoms with E-state index < -0.39 is 0 Å². The highest BCUT2D eigenvalue weighted by Gasteiger charge is 2.09. The van der Waals surface area contributed by atoms with Crippen LogP contribution < -0.4 is 5.32 Å². The van der Waals surface area contributed by atoms with Crippen molar-refractivity contribution >= 4 is 5.97 Å². The van der Waals surface area contributed by atoms with E-state index in [0.717, 1.165) is 31.5 Å². The first kappa shape index (κ1) is 14.0. The van der Waals surface area contributed by atoms with E-state index in [2.05, 4.69) is 12.2 Å². The second-order valence-electron chi connectivity index (χ2n) is 3.46. The number of hydrogen-bond acceptors (Lipinski definition) is 3. The number of allylic oxidation sites excluding steroid dienone is 1. The van der Waals surface area contributed by atoms with Gasteiger partial charge >= 0.3 is 5.97 Å². The largest absolute Gasteiger partial charge is 0.463 e. The van der Waals surface area contributed by atoms with Gasteiger partial charge in [-0.25, -0.2) is 4.79 Å². The molecule has 0 atom stereocenters. The topological polar surface area (TPSA) is 38.3 Å². The lowest BCUT2D eigenvalue weighted by Crippen LogP contribution is -2.19. The van der Waals surface area contributed by atoms with Gasteiger partial charge in [0.05, 0.1) is 12.2 Å². The summed E-state index contributed by atoms with van der Waals surface area (Å²) in [5.74, 6) is -0.210. The van der Waals surface area contributed by atoms with Gasteiger partial charge in [-0.1, -0.05) is 20.3 Å². The maximum atomic E-state index is 11.5. The van der Waals surface area contributed by atoms with E-state index in [0.29, 0.717) is 12.2 Å². The maximum Gasteiger partial charge on any atom is 0.335 e. The van der Waals surface area contributed by atoms with Crippen LogP contribution in [0.4, 0.5) is 0 Å². The third kappa shape index (κ3) is 5.45. The van der Waals surface area contributed by atoms with Gasteiger partial charge in [0.1, 0.15) is 0 Å². The Morgan fingerprint density at radius 3 is 2.40 bits per heavy atom. The number of unbranched alkanes of at least 4 members (excludes halogenated alkanes) is 1. The molecule has 15 heavy (non-hydrogen) atoms. The van der Waals surface area contributed by atoms with Crippen LogP contribution in [-0.2, 0) is 9.53 Å². The molecule has 0 aliphatic carbocycles. The second-order valence-corrected chi connectivity index (χ2v) is 3.46. The van der Waals surface area contributed by atoms with Crippen molar-refractivity contribution in [3.63, 3.8) is 0 Å². The maximum absolute atomic E-state index is 11.5. The Balaban J connectivity index is 4.31. The Hall–Kier alpha value is -0.990. The van der Waals surface area contributed by atoms with Crippen LogP contribution in [0.5, 0.6) is 0 Å². The predicted molar refractivity (Wildman–Crippen MR) is 62.5 cm³/mol. The molecule has 0 aromatic rings. The molecule has 0 saturated carbocycles.